The Balaban J connectivity index is 2.58. The molecule has 1 aromatic rings. The average molecular weight is 240 g/mol. The molecule has 0 aliphatic heterocycles. The van der Waals surface area contributed by atoms with Crippen molar-refractivity contribution in [2.75, 3.05) is 6.54 Å². The first kappa shape index (κ1) is 13.1. The fraction of sp³-hybridized carbons (Fsp3) is 0.600. The van der Waals surface area contributed by atoms with Crippen molar-refractivity contribution in [1.29, 1.82) is 0 Å². The minimum atomic E-state index is -1.16. The summed E-state index contributed by atoms with van der Waals surface area (Å²) in [6.07, 6.45) is 3.16. The molecule has 0 saturated heterocycles. The van der Waals surface area contributed by atoms with E-state index in [-0.39, 0.29) is 11.6 Å². The number of hydrogen-bond donors (Lipinski definition) is 2. The monoisotopic (exact) mass is 240 g/mol. The lowest BCUT2D eigenvalue weighted by atomic mass is 10.3. The number of nitrogens with one attached hydrogen (secondary N) is 1. The van der Waals surface area contributed by atoms with E-state index in [1.54, 1.807) is 6.92 Å². The van der Waals surface area contributed by atoms with Crippen molar-refractivity contribution >= 4 is 11.9 Å². The van der Waals surface area contributed by atoms with Crippen molar-refractivity contribution in [2.24, 2.45) is 0 Å². The standard InChI is InChI=1S/C10H16N4O3/c1-3-4-5-11-9(15)7(2)14-6-8(10(16)17)12-13-14/h6-7H,3-5H2,1-2H3,(H,11,15)(H,16,17). The third-order valence-corrected chi connectivity index (χ3v) is 2.34. The van der Waals surface area contributed by atoms with E-state index in [4.69, 9.17) is 5.11 Å². The van der Waals surface area contributed by atoms with E-state index in [1.165, 1.54) is 10.9 Å². The molecule has 0 fully saturated rings. The minimum Gasteiger partial charge on any atom is -0.476 e. The van der Waals surface area contributed by atoms with E-state index in [1.807, 2.05) is 6.92 Å². The van der Waals surface area contributed by atoms with Crippen LogP contribution in [0.3, 0.4) is 0 Å². The van der Waals surface area contributed by atoms with E-state index >= 15 is 0 Å². The van der Waals surface area contributed by atoms with Crippen molar-refractivity contribution in [2.45, 2.75) is 32.7 Å². The van der Waals surface area contributed by atoms with Crippen LogP contribution in [0.2, 0.25) is 0 Å². The van der Waals surface area contributed by atoms with Gasteiger partial charge in [-0.05, 0) is 13.3 Å². The first-order valence-corrected chi connectivity index (χ1v) is 5.49. The summed E-state index contributed by atoms with van der Waals surface area (Å²) >= 11 is 0. The molecule has 7 nitrogen and oxygen atoms in total. The van der Waals surface area contributed by atoms with Crippen LogP contribution < -0.4 is 5.32 Å². The molecule has 0 bridgehead atoms. The van der Waals surface area contributed by atoms with Crippen LogP contribution in [0.1, 0.15) is 43.2 Å². The Kier molecular flexibility index (Phi) is 4.62. The number of carbonyl (C=O) groups excluding carboxylic acids is 1. The van der Waals surface area contributed by atoms with Gasteiger partial charge in [-0.1, -0.05) is 18.6 Å². The van der Waals surface area contributed by atoms with Crippen molar-refractivity contribution in [1.82, 2.24) is 20.3 Å². The lowest BCUT2D eigenvalue weighted by molar-refractivity contribution is -0.124. The molecule has 0 radical (unpaired) electrons. The molecule has 17 heavy (non-hydrogen) atoms. The molecule has 0 saturated carbocycles. The maximum atomic E-state index is 11.7. The molecule has 0 aliphatic rings. The van der Waals surface area contributed by atoms with Gasteiger partial charge in [0, 0.05) is 6.54 Å². The van der Waals surface area contributed by atoms with Gasteiger partial charge in [0.05, 0.1) is 6.20 Å². The summed E-state index contributed by atoms with van der Waals surface area (Å²) in [7, 11) is 0. The average Bonchev–Trinajstić information content (AvgIpc) is 2.77. The van der Waals surface area contributed by atoms with Gasteiger partial charge in [-0.15, -0.1) is 5.10 Å². The molecular weight excluding hydrogens is 224 g/mol. The molecule has 1 heterocycles. The number of unbranched alkanes of at least 4 members (excludes halogenated alkanes) is 1. The first-order valence-electron chi connectivity index (χ1n) is 5.49. The largest absolute Gasteiger partial charge is 0.476 e. The molecule has 1 amide bonds. The van der Waals surface area contributed by atoms with E-state index in [0.29, 0.717) is 6.54 Å². The third-order valence-electron chi connectivity index (χ3n) is 2.34. The van der Waals surface area contributed by atoms with Crippen molar-refractivity contribution in [3.05, 3.63) is 11.9 Å². The van der Waals surface area contributed by atoms with Crippen LogP contribution in [0.15, 0.2) is 6.20 Å². The predicted molar refractivity (Wildman–Crippen MR) is 59.6 cm³/mol. The molecule has 0 aromatic carbocycles. The lowest BCUT2D eigenvalue weighted by Gasteiger charge is -2.11. The fourth-order valence-electron chi connectivity index (χ4n) is 1.22. The van der Waals surface area contributed by atoms with Gasteiger partial charge in [-0.2, -0.15) is 0 Å². The topological polar surface area (TPSA) is 97.1 Å². The van der Waals surface area contributed by atoms with Crippen molar-refractivity contribution in [3.8, 4) is 0 Å². The highest BCUT2D eigenvalue weighted by Crippen LogP contribution is 2.04. The lowest BCUT2D eigenvalue weighted by Crippen LogP contribution is -2.31. The van der Waals surface area contributed by atoms with Gasteiger partial charge >= 0.3 is 5.97 Å². The Labute approximate surface area is 98.8 Å². The zero-order valence-corrected chi connectivity index (χ0v) is 9.88. The van der Waals surface area contributed by atoms with Crippen molar-refractivity contribution < 1.29 is 14.7 Å². The molecule has 1 aromatic heterocycles. The Bertz CT molecular complexity index is 402. The van der Waals surface area contributed by atoms with Gasteiger partial charge in [0.25, 0.3) is 0 Å². The number of carboxylic acids is 1. The van der Waals surface area contributed by atoms with Gasteiger partial charge in [0.15, 0.2) is 5.69 Å². The predicted octanol–water partition coefficient (Wildman–Crippen LogP) is 0.454. The summed E-state index contributed by atoms with van der Waals surface area (Å²) < 4.78 is 1.24. The Morgan fingerprint density at radius 2 is 2.29 bits per heavy atom. The number of nitrogens with zero attached hydrogens (tertiary/aromatic N) is 3. The molecule has 1 unspecified atom stereocenters. The van der Waals surface area contributed by atoms with Crippen LogP contribution >= 0.6 is 0 Å². The summed E-state index contributed by atoms with van der Waals surface area (Å²) in [5.74, 6) is -1.35. The highest BCUT2D eigenvalue weighted by atomic mass is 16.4. The van der Waals surface area contributed by atoms with Crippen molar-refractivity contribution in [3.63, 3.8) is 0 Å². The number of carboxylic acid groups (broad SMARTS) is 1. The van der Waals surface area contributed by atoms with E-state index in [0.717, 1.165) is 12.8 Å². The highest BCUT2D eigenvalue weighted by molar-refractivity contribution is 5.85. The third kappa shape index (κ3) is 3.54. The number of carbonyl (C=O) groups is 2. The summed E-state index contributed by atoms with van der Waals surface area (Å²) in [6, 6.07) is -0.563. The zero-order chi connectivity index (χ0) is 12.8. The number of amides is 1. The Hall–Kier alpha value is -1.92. The summed E-state index contributed by atoms with van der Waals surface area (Å²) in [4.78, 5) is 22.3. The van der Waals surface area contributed by atoms with Gasteiger partial charge in [-0.3, -0.25) is 4.79 Å². The van der Waals surface area contributed by atoms with Gasteiger partial charge < -0.3 is 10.4 Å². The quantitative estimate of drug-likeness (QED) is 0.704. The van der Waals surface area contributed by atoms with Crippen LogP contribution in [-0.2, 0) is 4.79 Å². The Morgan fingerprint density at radius 3 is 2.82 bits per heavy atom. The number of aromatic nitrogens is 3. The second kappa shape index (κ2) is 5.97. The van der Waals surface area contributed by atoms with Crippen LogP contribution in [0.4, 0.5) is 0 Å². The van der Waals surface area contributed by atoms with Crippen LogP contribution in [-0.4, -0.2) is 38.5 Å². The van der Waals surface area contributed by atoms with E-state index < -0.39 is 12.0 Å². The molecule has 2 N–H and O–H groups in total. The van der Waals surface area contributed by atoms with Crippen LogP contribution in [0, 0.1) is 0 Å². The highest BCUT2D eigenvalue weighted by Gasteiger charge is 2.17. The Morgan fingerprint density at radius 1 is 1.59 bits per heavy atom. The number of rotatable bonds is 6. The number of aromatic carboxylic acids is 1. The second-order valence-electron chi connectivity index (χ2n) is 3.71. The zero-order valence-electron chi connectivity index (χ0n) is 9.88. The normalized spacial score (nSPS) is 12.1. The SMILES string of the molecule is CCCCNC(=O)C(C)n1cc(C(=O)O)nn1. The fourth-order valence-corrected chi connectivity index (χ4v) is 1.22. The molecule has 1 atom stereocenters. The molecule has 0 aliphatic carbocycles. The number of hydrogen-bond acceptors (Lipinski definition) is 4. The van der Waals surface area contributed by atoms with Crippen LogP contribution in [0.25, 0.3) is 0 Å². The molecule has 0 spiro atoms. The molecule has 1 rings (SSSR count). The van der Waals surface area contributed by atoms with E-state index in [9.17, 15) is 9.59 Å². The van der Waals surface area contributed by atoms with E-state index in [2.05, 4.69) is 15.6 Å². The summed E-state index contributed by atoms with van der Waals surface area (Å²) in [5.41, 5.74) is -0.168. The van der Waals surface area contributed by atoms with Crippen LogP contribution in [0.5, 0.6) is 0 Å². The van der Waals surface area contributed by atoms with Gasteiger partial charge in [0.1, 0.15) is 6.04 Å². The van der Waals surface area contributed by atoms with Gasteiger partial charge in [-0.25, -0.2) is 9.48 Å². The maximum Gasteiger partial charge on any atom is 0.358 e. The summed E-state index contributed by atoms with van der Waals surface area (Å²) in [5, 5.41) is 18.5. The van der Waals surface area contributed by atoms with Gasteiger partial charge in [0.2, 0.25) is 5.91 Å². The second-order valence-corrected chi connectivity index (χ2v) is 3.71. The molecular formula is C10H16N4O3. The summed E-state index contributed by atoms with van der Waals surface area (Å²) in [6.45, 7) is 4.29. The first-order chi connectivity index (χ1) is 8.06. The molecule has 7 heteroatoms. The smallest absolute Gasteiger partial charge is 0.358 e. The molecule has 94 valence electrons. The maximum absolute atomic E-state index is 11.7. The minimum absolute atomic E-state index is 0.168.